The van der Waals surface area contributed by atoms with Crippen LogP contribution in [0.1, 0.15) is 12.8 Å². The van der Waals surface area contributed by atoms with Gasteiger partial charge in [0.25, 0.3) is 0 Å². The van der Waals surface area contributed by atoms with Gasteiger partial charge in [-0.3, -0.25) is 0 Å². The molecule has 0 aromatic carbocycles. The second kappa shape index (κ2) is 4.86. The molecule has 0 aliphatic carbocycles. The van der Waals surface area contributed by atoms with Crippen LogP contribution in [0.25, 0.3) is 0 Å². The second-order valence-electron chi connectivity index (χ2n) is 3.00. The highest BCUT2D eigenvalue weighted by Gasteiger charge is 2.16. The zero-order valence-corrected chi connectivity index (χ0v) is 9.60. The van der Waals surface area contributed by atoms with Crippen molar-refractivity contribution in [3.05, 3.63) is 0 Å². The lowest BCUT2D eigenvalue weighted by Gasteiger charge is -2.11. The number of halogens is 3. The molecule has 0 aliphatic heterocycles. The summed E-state index contributed by atoms with van der Waals surface area (Å²) in [5.74, 6) is 0. The Morgan fingerprint density at radius 1 is 1.30 bits per heavy atom. The van der Waals surface area contributed by atoms with Crippen molar-refractivity contribution in [2.45, 2.75) is 36.8 Å². The number of alkyl halides is 2. The topological polar surface area (TPSA) is 0 Å². The maximum Gasteiger partial charge on any atom is 0.150 e. The molecule has 0 N–H and O–H groups in total. The maximum atomic E-state index is 6.07. The minimum atomic E-state index is -1.37. The van der Waals surface area contributed by atoms with Crippen LogP contribution < -0.4 is 0 Å². The van der Waals surface area contributed by atoms with Crippen molar-refractivity contribution in [2.75, 3.05) is 0 Å². The third-order valence-corrected chi connectivity index (χ3v) is 3.74. The molecule has 0 heterocycles. The molecule has 0 saturated heterocycles. The smallest absolute Gasteiger partial charge is 0.150 e. The molecule has 0 radical (unpaired) electrons. The number of hydrogen-bond acceptors (Lipinski definition) is 0. The fourth-order valence-corrected chi connectivity index (χ4v) is 2.43. The largest absolute Gasteiger partial charge is 0.168 e. The molecule has 62 valence electrons. The maximum absolute atomic E-state index is 6.07. The Bertz CT molecular complexity index is 87.5. The van der Waals surface area contributed by atoms with Crippen LogP contribution in [0, 0.1) is 0 Å². The first-order valence-electron chi connectivity index (χ1n) is 3.39. The molecule has 10 heavy (non-hydrogen) atoms. The minimum Gasteiger partial charge on any atom is -0.168 e. The normalized spacial score (nSPS) is 12.6. The van der Waals surface area contributed by atoms with E-state index < -0.39 is 7.38 Å². The molecule has 0 amide bonds. The van der Waals surface area contributed by atoms with Crippen molar-refractivity contribution in [2.24, 2.45) is 0 Å². The highest BCUT2D eigenvalue weighted by molar-refractivity contribution is 7.19. The van der Waals surface area contributed by atoms with Gasteiger partial charge in [-0.05, 0) is 12.5 Å². The summed E-state index contributed by atoms with van der Waals surface area (Å²) in [7, 11) is -1.37. The highest BCUT2D eigenvalue weighted by Crippen LogP contribution is 2.20. The van der Waals surface area contributed by atoms with E-state index in [1.54, 1.807) is 0 Å². The van der Waals surface area contributed by atoms with E-state index in [0.717, 1.165) is 18.9 Å². The van der Waals surface area contributed by atoms with Gasteiger partial charge in [0.1, 0.15) is 12.2 Å². The van der Waals surface area contributed by atoms with E-state index in [2.05, 4.69) is 13.1 Å². The lowest BCUT2D eigenvalue weighted by atomic mass is 10.4. The highest BCUT2D eigenvalue weighted by atomic mass is 35.6. The molecule has 0 atom stereocenters. The summed E-state index contributed by atoms with van der Waals surface area (Å²) in [5.41, 5.74) is 0. The van der Waals surface area contributed by atoms with E-state index >= 15 is 0 Å². The molecule has 0 saturated carbocycles. The van der Waals surface area contributed by atoms with Crippen molar-refractivity contribution < 1.29 is 0 Å². The Hall–Kier alpha value is 1.09. The second-order valence-corrected chi connectivity index (χ2v) is 11.3. The fourth-order valence-electron chi connectivity index (χ4n) is 0.677. The van der Waals surface area contributed by atoms with E-state index in [1.807, 2.05) is 0 Å². The summed E-state index contributed by atoms with van der Waals surface area (Å²) in [6.07, 6.45) is 1.92. The summed E-state index contributed by atoms with van der Waals surface area (Å²) in [6, 6.07) is 1.10. The van der Waals surface area contributed by atoms with E-state index in [4.69, 9.17) is 34.3 Å². The zero-order valence-electron chi connectivity index (χ0n) is 6.33. The summed E-state index contributed by atoms with van der Waals surface area (Å²) in [6.45, 7) is 4.26. The van der Waals surface area contributed by atoms with Gasteiger partial charge in [-0.25, -0.2) is 0 Å². The Morgan fingerprint density at radius 3 is 2.10 bits per heavy atom. The van der Waals surface area contributed by atoms with Crippen LogP contribution in [0.5, 0.6) is 0 Å². The van der Waals surface area contributed by atoms with Gasteiger partial charge in [0, 0.05) is 0 Å². The molecule has 0 bridgehead atoms. The molecule has 0 aliphatic rings. The predicted molar refractivity (Wildman–Crippen MR) is 52.9 cm³/mol. The van der Waals surface area contributed by atoms with E-state index in [-0.39, 0.29) is 4.84 Å². The van der Waals surface area contributed by atoms with Gasteiger partial charge in [-0.1, -0.05) is 19.5 Å². The van der Waals surface area contributed by atoms with E-state index in [1.165, 1.54) is 0 Å². The third kappa shape index (κ3) is 9.09. The molecular formula is C6H13Cl3Si. The van der Waals surface area contributed by atoms with Crippen LogP contribution in [-0.2, 0) is 0 Å². The zero-order chi connectivity index (χ0) is 8.20. The lowest BCUT2D eigenvalue weighted by Crippen LogP contribution is -2.15. The van der Waals surface area contributed by atoms with Crippen molar-refractivity contribution in [1.82, 2.24) is 0 Å². The van der Waals surface area contributed by atoms with Gasteiger partial charge in [0.15, 0.2) is 0 Å². The van der Waals surface area contributed by atoms with Crippen LogP contribution in [0.2, 0.25) is 19.1 Å². The first-order chi connectivity index (χ1) is 4.42. The molecular weight excluding hydrogens is 207 g/mol. The van der Waals surface area contributed by atoms with Crippen molar-refractivity contribution >= 4 is 41.7 Å². The summed E-state index contributed by atoms with van der Waals surface area (Å²) in [4.78, 5) is -0.215. The first kappa shape index (κ1) is 11.1. The Balaban J connectivity index is 3.21. The van der Waals surface area contributed by atoms with Crippen molar-refractivity contribution in [3.63, 3.8) is 0 Å². The minimum absolute atomic E-state index is 0.215. The summed E-state index contributed by atoms with van der Waals surface area (Å²) in [5, 5.41) is 0. The quantitative estimate of drug-likeness (QED) is 0.381. The van der Waals surface area contributed by atoms with Gasteiger partial charge >= 0.3 is 0 Å². The molecule has 0 aromatic rings. The van der Waals surface area contributed by atoms with Gasteiger partial charge < -0.3 is 0 Å². The van der Waals surface area contributed by atoms with Crippen LogP contribution in [0.15, 0.2) is 0 Å². The Morgan fingerprint density at radius 2 is 1.80 bits per heavy atom. The van der Waals surface area contributed by atoms with Gasteiger partial charge in [-0.15, -0.1) is 23.2 Å². The molecule has 0 unspecified atom stereocenters. The summed E-state index contributed by atoms with van der Waals surface area (Å²) < 4.78 is 0. The van der Waals surface area contributed by atoms with E-state index in [9.17, 15) is 0 Å². The van der Waals surface area contributed by atoms with Crippen LogP contribution in [0.3, 0.4) is 0 Å². The molecule has 0 fully saturated rings. The van der Waals surface area contributed by atoms with Crippen LogP contribution in [0.4, 0.5) is 0 Å². The fraction of sp³-hybridized carbons (Fsp3) is 1.00. The Labute approximate surface area is 78.6 Å². The molecule has 0 spiro atoms. The standard InChI is InChI=1S/C6H13Cl3Si/c1-10(2,9)5-3-4-6(7)8/h6H,3-5H2,1-2H3. The van der Waals surface area contributed by atoms with Crippen molar-refractivity contribution in [1.29, 1.82) is 0 Å². The lowest BCUT2D eigenvalue weighted by molar-refractivity contribution is 0.848. The molecule has 0 rings (SSSR count). The predicted octanol–water partition coefficient (Wildman–Crippen LogP) is 4.01. The third-order valence-electron chi connectivity index (χ3n) is 1.19. The monoisotopic (exact) mass is 218 g/mol. The van der Waals surface area contributed by atoms with Crippen LogP contribution >= 0.6 is 34.3 Å². The van der Waals surface area contributed by atoms with E-state index in [0.29, 0.717) is 0 Å². The van der Waals surface area contributed by atoms with Crippen molar-refractivity contribution in [3.8, 4) is 0 Å². The SMILES string of the molecule is C[Si](C)(Cl)CCCC(Cl)Cl. The molecule has 4 heteroatoms. The average molecular weight is 220 g/mol. The van der Waals surface area contributed by atoms with Gasteiger partial charge in [0.05, 0.1) is 0 Å². The Kier molecular flexibility index (Phi) is 5.39. The van der Waals surface area contributed by atoms with Gasteiger partial charge in [-0.2, -0.15) is 11.1 Å². The number of hydrogen-bond donors (Lipinski definition) is 0. The average Bonchev–Trinajstić information content (AvgIpc) is 1.59. The number of rotatable bonds is 4. The molecule has 0 nitrogen and oxygen atoms in total. The first-order valence-corrected chi connectivity index (χ1v) is 8.48. The molecule has 0 aromatic heterocycles. The summed E-state index contributed by atoms with van der Waals surface area (Å²) >= 11 is 17.2. The van der Waals surface area contributed by atoms with Gasteiger partial charge in [0.2, 0.25) is 0 Å². The van der Waals surface area contributed by atoms with Crippen LogP contribution in [-0.4, -0.2) is 12.2 Å².